The van der Waals surface area contributed by atoms with E-state index in [9.17, 15) is 14.4 Å². The molecule has 6 rings (SSSR count). The lowest BCUT2D eigenvalue weighted by atomic mass is 10.00. The number of carbonyl (C=O) groups is 2. The van der Waals surface area contributed by atoms with E-state index < -0.39 is 29.1 Å². The summed E-state index contributed by atoms with van der Waals surface area (Å²) in [6.07, 6.45) is 2.58. The van der Waals surface area contributed by atoms with E-state index in [1.54, 1.807) is 11.8 Å². The van der Waals surface area contributed by atoms with Crippen LogP contribution in [0.2, 0.25) is 0 Å². The van der Waals surface area contributed by atoms with Gasteiger partial charge in [-0.25, -0.2) is 23.7 Å². The molecule has 0 spiro atoms. The lowest BCUT2D eigenvalue weighted by molar-refractivity contribution is -0.128. The normalized spacial score (nSPS) is 16.2. The molecule has 0 saturated carbocycles. The maximum Gasteiger partial charge on any atom is 0.283 e. The van der Waals surface area contributed by atoms with Crippen LogP contribution in [0.4, 0.5) is 20.2 Å². The number of nitrogens with zero attached hydrogens (tertiary/aromatic N) is 7. The summed E-state index contributed by atoms with van der Waals surface area (Å²) >= 11 is 0. The highest BCUT2D eigenvalue weighted by Crippen LogP contribution is 2.43. The van der Waals surface area contributed by atoms with E-state index in [2.05, 4.69) is 21.5 Å². The van der Waals surface area contributed by atoms with Crippen molar-refractivity contribution in [2.24, 2.45) is 0 Å². The van der Waals surface area contributed by atoms with Crippen molar-refractivity contribution in [1.82, 2.24) is 24.4 Å². The van der Waals surface area contributed by atoms with E-state index in [0.717, 1.165) is 0 Å². The highest BCUT2D eigenvalue weighted by molar-refractivity contribution is 6.12. The van der Waals surface area contributed by atoms with Gasteiger partial charge in [0.25, 0.3) is 11.5 Å². The fourth-order valence-electron chi connectivity index (χ4n) is 6.24. The number of aromatic nitrogens is 4. The van der Waals surface area contributed by atoms with Gasteiger partial charge in [-0.3, -0.25) is 19.0 Å². The van der Waals surface area contributed by atoms with Crippen LogP contribution in [0, 0.1) is 18.6 Å². The molecule has 2 amide bonds. The first kappa shape index (κ1) is 29.9. The van der Waals surface area contributed by atoms with Crippen molar-refractivity contribution in [2.45, 2.75) is 32.7 Å². The first-order chi connectivity index (χ1) is 21.5. The maximum atomic E-state index is 16.2. The number of anilines is 2. The van der Waals surface area contributed by atoms with Gasteiger partial charge in [-0.1, -0.05) is 26.5 Å². The van der Waals surface area contributed by atoms with Crippen LogP contribution < -0.4 is 20.1 Å². The molecule has 1 atom stereocenters. The van der Waals surface area contributed by atoms with Crippen LogP contribution in [0.3, 0.4) is 0 Å². The van der Waals surface area contributed by atoms with Crippen LogP contribution in [-0.2, 0) is 9.59 Å². The summed E-state index contributed by atoms with van der Waals surface area (Å²) in [7, 11) is 2.82. The molecule has 13 heteroatoms. The number of halogens is 2. The molecule has 2 aliphatic heterocycles. The highest BCUT2D eigenvalue weighted by Gasteiger charge is 2.44. The molecule has 11 nitrogen and oxygen atoms in total. The van der Waals surface area contributed by atoms with Crippen molar-refractivity contribution in [2.75, 3.05) is 43.6 Å². The summed E-state index contributed by atoms with van der Waals surface area (Å²) in [6, 6.07) is 4.46. The van der Waals surface area contributed by atoms with Gasteiger partial charge in [-0.15, -0.1) is 0 Å². The van der Waals surface area contributed by atoms with Gasteiger partial charge in [-0.05, 0) is 37.1 Å². The summed E-state index contributed by atoms with van der Waals surface area (Å²) < 4.78 is 38.2. The molecule has 45 heavy (non-hydrogen) atoms. The molecule has 1 saturated heterocycles. The number of rotatable bonds is 5. The van der Waals surface area contributed by atoms with Crippen molar-refractivity contribution in [3.05, 3.63) is 76.6 Å². The Morgan fingerprint density at radius 1 is 1.11 bits per heavy atom. The molecule has 5 heterocycles. The SMILES string of the molecule is C=CC(=O)N1CCN2c3c(c(=O)n(-c4c(C)ncnc4C(C)C)c4nc(-c5c(F)cccc5OC)c(F)cc34)N(C)C(=O)[C@H]2C1. The van der Waals surface area contributed by atoms with Gasteiger partial charge in [0.15, 0.2) is 11.5 Å². The van der Waals surface area contributed by atoms with E-state index in [-0.39, 0.29) is 65.2 Å². The van der Waals surface area contributed by atoms with Crippen molar-refractivity contribution >= 4 is 34.2 Å². The zero-order valence-electron chi connectivity index (χ0n) is 25.5. The number of ether oxygens (including phenoxy) is 1. The Morgan fingerprint density at radius 3 is 2.56 bits per heavy atom. The first-order valence-corrected chi connectivity index (χ1v) is 14.4. The second-order valence-corrected chi connectivity index (χ2v) is 11.3. The van der Waals surface area contributed by atoms with Crippen molar-refractivity contribution in [1.29, 1.82) is 0 Å². The predicted molar refractivity (Wildman–Crippen MR) is 165 cm³/mol. The molecular formula is C32H31F2N7O4. The Bertz CT molecular complexity index is 1980. The third-order valence-corrected chi connectivity index (χ3v) is 8.39. The fourth-order valence-corrected chi connectivity index (χ4v) is 6.24. The number of likely N-dealkylation sites (N-methyl/N-ethyl adjacent to an activating group) is 1. The van der Waals surface area contributed by atoms with Gasteiger partial charge in [0.05, 0.1) is 42.0 Å². The molecule has 1 aromatic carbocycles. The molecule has 1 fully saturated rings. The quantitative estimate of drug-likeness (QED) is 0.312. The number of hydrogen-bond donors (Lipinski definition) is 0. The Balaban J connectivity index is 1.75. The number of piperazine rings is 1. The molecule has 0 unspecified atom stereocenters. The number of fused-ring (bicyclic) bond motifs is 5. The maximum absolute atomic E-state index is 16.2. The summed E-state index contributed by atoms with van der Waals surface area (Å²) in [5.41, 5.74) is 0.472. The third kappa shape index (κ3) is 4.52. The standard InChI is InChI=1S/C32H31F2N7O4/c1-7-23(42)39-11-12-40-21(14-39)31(43)38(5)29-28(40)18-13-20(34)26(24-19(33)9-8-10-22(24)45-6)37-30(18)41(32(29)44)27-17(4)35-15-36-25(27)16(2)3/h7-10,13,15-16,21H,1,11-12,14H2,2-6H3/t21-/m1/s1. The summed E-state index contributed by atoms with van der Waals surface area (Å²) in [6.45, 7) is 9.55. The predicted octanol–water partition coefficient (Wildman–Crippen LogP) is 3.74. The number of amides is 2. The second kappa shape index (κ2) is 11.1. The Labute approximate surface area is 257 Å². The molecule has 2 aliphatic rings. The number of methoxy groups -OCH3 is 1. The van der Waals surface area contributed by atoms with Gasteiger partial charge in [-0.2, -0.15) is 0 Å². The van der Waals surface area contributed by atoms with Gasteiger partial charge in [0, 0.05) is 25.5 Å². The number of benzene rings is 1. The molecule has 232 valence electrons. The number of pyridine rings is 2. The van der Waals surface area contributed by atoms with Crippen LogP contribution in [0.15, 0.2) is 48.0 Å². The van der Waals surface area contributed by atoms with Crippen molar-refractivity contribution < 1.29 is 23.1 Å². The minimum Gasteiger partial charge on any atom is -0.496 e. The van der Waals surface area contributed by atoms with Crippen LogP contribution in [0.5, 0.6) is 5.75 Å². The van der Waals surface area contributed by atoms with Crippen molar-refractivity contribution in [3.8, 4) is 22.7 Å². The van der Waals surface area contributed by atoms with E-state index in [1.165, 1.54) is 65.2 Å². The van der Waals surface area contributed by atoms with Gasteiger partial charge < -0.3 is 19.4 Å². The molecule has 0 N–H and O–H groups in total. The minimum absolute atomic E-state index is 0.0163. The number of hydrogen-bond acceptors (Lipinski definition) is 8. The third-order valence-electron chi connectivity index (χ3n) is 8.39. The lowest BCUT2D eigenvalue weighted by Crippen LogP contribution is -2.63. The van der Waals surface area contributed by atoms with Gasteiger partial charge in [0.2, 0.25) is 5.91 Å². The minimum atomic E-state index is -0.861. The van der Waals surface area contributed by atoms with Crippen LogP contribution in [0.1, 0.15) is 31.2 Å². The molecular weight excluding hydrogens is 584 g/mol. The zero-order chi connectivity index (χ0) is 32.3. The molecule has 0 aliphatic carbocycles. The molecule has 0 bridgehead atoms. The average Bonchev–Trinajstić information content (AvgIpc) is 3.02. The fraction of sp³-hybridized carbons (Fsp3) is 0.312. The smallest absolute Gasteiger partial charge is 0.283 e. The van der Waals surface area contributed by atoms with Crippen LogP contribution in [0.25, 0.3) is 28.0 Å². The van der Waals surface area contributed by atoms with Crippen molar-refractivity contribution in [3.63, 3.8) is 0 Å². The molecule has 4 aromatic rings. The lowest BCUT2D eigenvalue weighted by Gasteiger charge is -2.47. The Hall–Kier alpha value is -5.20. The Morgan fingerprint density at radius 2 is 1.87 bits per heavy atom. The van der Waals surface area contributed by atoms with Crippen LogP contribution in [-0.4, -0.2) is 76.1 Å². The summed E-state index contributed by atoms with van der Waals surface area (Å²) in [5.74, 6) is -2.46. The van der Waals surface area contributed by atoms with Crippen LogP contribution >= 0.6 is 0 Å². The average molecular weight is 616 g/mol. The molecule has 3 aromatic heterocycles. The molecule has 0 radical (unpaired) electrons. The largest absolute Gasteiger partial charge is 0.496 e. The summed E-state index contributed by atoms with van der Waals surface area (Å²) in [5, 5.41) is 0.215. The Kier molecular flexibility index (Phi) is 7.34. The first-order valence-electron chi connectivity index (χ1n) is 14.4. The zero-order valence-corrected chi connectivity index (χ0v) is 25.5. The van der Waals surface area contributed by atoms with Gasteiger partial charge >= 0.3 is 0 Å². The monoisotopic (exact) mass is 615 g/mol. The van der Waals surface area contributed by atoms with E-state index in [1.807, 2.05) is 13.8 Å². The highest BCUT2D eigenvalue weighted by atomic mass is 19.1. The van der Waals surface area contributed by atoms with E-state index in [0.29, 0.717) is 22.8 Å². The summed E-state index contributed by atoms with van der Waals surface area (Å²) in [4.78, 5) is 58.9. The number of aryl methyl sites for hydroxylation is 1. The van der Waals surface area contributed by atoms with Gasteiger partial charge in [0.1, 0.15) is 35.3 Å². The second-order valence-electron chi connectivity index (χ2n) is 11.3. The van der Waals surface area contributed by atoms with E-state index >= 15 is 8.78 Å². The number of carbonyl (C=O) groups excluding carboxylic acids is 2. The topological polar surface area (TPSA) is 114 Å². The van der Waals surface area contributed by atoms with E-state index in [4.69, 9.17) is 4.74 Å².